The standard InChI is InChI=1S/C20H28N2O/c1-20(2,16-22(3)14-18-7-5-4-6-8-18)21-13-17-9-11-19(15-23)12-10-17/h4-12,21,23H,13-16H2,1-3H3. The van der Waals surface area contributed by atoms with Crippen molar-refractivity contribution in [3.63, 3.8) is 0 Å². The third-order valence-corrected chi connectivity index (χ3v) is 3.94. The molecule has 124 valence electrons. The van der Waals surface area contributed by atoms with Crippen molar-refractivity contribution in [2.45, 2.75) is 39.1 Å². The third kappa shape index (κ3) is 6.14. The lowest BCUT2D eigenvalue weighted by Gasteiger charge is -2.31. The van der Waals surface area contributed by atoms with Gasteiger partial charge < -0.3 is 15.3 Å². The number of aliphatic hydroxyl groups is 1. The first-order valence-electron chi connectivity index (χ1n) is 8.15. The molecular weight excluding hydrogens is 284 g/mol. The normalized spacial score (nSPS) is 11.9. The lowest BCUT2D eigenvalue weighted by molar-refractivity contribution is 0.228. The first-order chi connectivity index (χ1) is 11.0. The van der Waals surface area contributed by atoms with Crippen LogP contribution in [0.5, 0.6) is 0 Å². The Morgan fingerprint density at radius 2 is 1.52 bits per heavy atom. The molecule has 0 spiro atoms. The fourth-order valence-corrected chi connectivity index (χ4v) is 2.79. The van der Waals surface area contributed by atoms with E-state index in [-0.39, 0.29) is 12.1 Å². The van der Waals surface area contributed by atoms with Gasteiger partial charge in [-0.05, 0) is 37.6 Å². The Balaban J connectivity index is 1.83. The number of nitrogens with one attached hydrogen (secondary N) is 1. The number of nitrogens with zero attached hydrogens (tertiary/aromatic N) is 1. The SMILES string of the molecule is CN(Cc1ccccc1)CC(C)(C)NCc1ccc(CO)cc1. The van der Waals surface area contributed by atoms with Gasteiger partial charge in [0.15, 0.2) is 0 Å². The lowest BCUT2D eigenvalue weighted by Crippen LogP contribution is -2.47. The predicted molar refractivity (Wildman–Crippen MR) is 96.1 cm³/mol. The number of benzene rings is 2. The minimum absolute atomic E-state index is 0.0270. The van der Waals surface area contributed by atoms with Crippen LogP contribution in [0.1, 0.15) is 30.5 Å². The number of rotatable bonds is 8. The highest BCUT2D eigenvalue weighted by Gasteiger charge is 2.19. The van der Waals surface area contributed by atoms with Crippen LogP contribution < -0.4 is 5.32 Å². The topological polar surface area (TPSA) is 35.5 Å². The van der Waals surface area contributed by atoms with Crippen LogP contribution in [-0.2, 0) is 19.7 Å². The molecule has 0 unspecified atom stereocenters. The summed E-state index contributed by atoms with van der Waals surface area (Å²) in [5.74, 6) is 0. The molecule has 0 aliphatic rings. The first kappa shape index (κ1) is 17.7. The van der Waals surface area contributed by atoms with Crippen molar-refractivity contribution < 1.29 is 5.11 Å². The second-order valence-electron chi connectivity index (χ2n) is 6.87. The maximum absolute atomic E-state index is 9.09. The fourth-order valence-electron chi connectivity index (χ4n) is 2.79. The van der Waals surface area contributed by atoms with Crippen molar-refractivity contribution in [3.8, 4) is 0 Å². The van der Waals surface area contributed by atoms with E-state index in [0.29, 0.717) is 0 Å². The second-order valence-corrected chi connectivity index (χ2v) is 6.87. The molecule has 0 bridgehead atoms. The van der Waals surface area contributed by atoms with Crippen LogP contribution in [0.25, 0.3) is 0 Å². The smallest absolute Gasteiger partial charge is 0.0681 e. The third-order valence-electron chi connectivity index (χ3n) is 3.94. The van der Waals surface area contributed by atoms with E-state index >= 15 is 0 Å². The molecule has 0 aromatic heterocycles. The molecule has 0 fully saturated rings. The molecule has 0 heterocycles. The average molecular weight is 312 g/mol. The number of aliphatic hydroxyl groups excluding tert-OH is 1. The van der Waals surface area contributed by atoms with Gasteiger partial charge in [-0.1, -0.05) is 54.6 Å². The molecule has 23 heavy (non-hydrogen) atoms. The van der Waals surface area contributed by atoms with Gasteiger partial charge in [0, 0.05) is 25.2 Å². The zero-order valence-electron chi connectivity index (χ0n) is 14.4. The summed E-state index contributed by atoms with van der Waals surface area (Å²) in [7, 11) is 2.16. The highest BCUT2D eigenvalue weighted by molar-refractivity contribution is 5.22. The zero-order chi connectivity index (χ0) is 16.7. The van der Waals surface area contributed by atoms with Gasteiger partial charge in [-0.15, -0.1) is 0 Å². The highest BCUT2D eigenvalue weighted by atomic mass is 16.3. The molecule has 0 radical (unpaired) electrons. The summed E-state index contributed by atoms with van der Waals surface area (Å²) in [5, 5.41) is 12.7. The lowest BCUT2D eigenvalue weighted by atomic mass is 10.0. The Bertz CT molecular complexity index is 578. The van der Waals surface area contributed by atoms with Crippen molar-refractivity contribution in [2.75, 3.05) is 13.6 Å². The summed E-state index contributed by atoms with van der Waals surface area (Å²) >= 11 is 0. The van der Waals surface area contributed by atoms with E-state index in [1.807, 2.05) is 12.1 Å². The zero-order valence-corrected chi connectivity index (χ0v) is 14.4. The van der Waals surface area contributed by atoms with Gasteiger partial charge in [-0.25, -0.2) is 0 Å². The Morgan fingerprint density at radius 1 is 0.913 bits per heavy atom. The van der Waals surface area contributed by atoms with E-state index in [4.69, 9.17) is 5.11 Å². The van der Waals surface area contributed by atoms with E-state index in [1.54, 1.807) is 0 Å². The Morgan fingerprint density at radius 3 is 2.13 bits per heavy atom. The molecule has 3 heteroatoms. The van der Waals surface area contributed by atoms with Crippen molar-refractivity contribution in [1.29, 1.82) is 0 Å². The average Bonchev–Trinajstić information content (AvgIpc) is 2.54. The maximum Gasteiger partial charge on any atom is 0.0681 e. The van der Waals surface area contributed by atoms with E-state index in [9.17, 15) is 0 Å². The van der Waals surface area contributed by atoms with Crippen LogP contribution in [-0.4, -0.2) is 29.1 Å². The largest absolute Gasteiger partial charge is 0.392 e. The summed E-state index contributed by atoms with van der Waals surface area (Å²) in [6.45, 7) is 7.32. The quantitative estimate of drug-likeness (QED) is 0.786. The van der Waals surface area contributed by atoms with E-state index in [2.05, 4.69) is 73.6 Å². The predicted octanol–water partition coefficient (Wildman–Crippen LogP) is 3.18. The van der Waals surface area contributed by atoms with Crippen LogP contribution in [0.4, 0.5) is 0 Å². The van der Waals surface area contributed by atoms with Crippen LogP contribution >= 0.6 is 0 Å². The molecule has 0 amide bonds. The van der Waals surface area contributed by atoms with Crippen molar-refractivity contribution >= 4 is 0 Å². The number of likely N-dealkylation sites (N-methyl/N-ethyl adjacent to an activating group) is 1. The number of hydrogen-bond acceptors (Lipinski definition) is 3. The minimum Gasteiger partial charge on any atom is -0.392 e. The summed E-state index contributed by atoms with van der Waals surface area (Å²) in [6, 6.07) is 18.7. The maximum atomic E-state index is 9.09. The van der Waals surface area contributed by atoms with E-state index < -0.39 is 0 Å². The first-order valence-corrected chi connectivity index (χ1v) is 8.15. The van der Waals surface area contributed by atoms with Gasteiger partial charge in [-0.2, -0.15) is 0 Å². The van der Waals surface area contributed by atoms with Crippen molar-refractivity contribution in [2.24, 2.45) is 0 Å². The van der Waals surface area contributed by atoms with Gasteiger partial charge in [-0.3, -0.25) is 0 Å². The van der Waals surface area contributed by atoms with Crippen LogP contribution in [0.3, 0.4) is 0 Å². The summed E-state index contributed by atoms with van der Waals surface area (Å²) < 4.78 is 0. The molecule has 0 aliphatic carbocycles. The molecule has 2 rings (SSSR count). The Labute approximate surface area is 140 Å². The highest BCUT2D eigenvalue weighted by Crippen LogP contribution is 2.11. The number of hydrogen-bond donors (Lipinski definition) is 2. The molecule has 3 nitrogen and oxygen atoms in total. The monoisotopic (exact) mass is 312 g/mol. The molecule has 2 aromatic rings. The van der Waals surface area contributed by atoms with E-state index in [1.165, 1.54) is 11.1 Å². The fraction of sp³-hybridized carbons (Fsp3) is 0.400. The molecule has 2 N–H and O–H groups in total. The molecule has 0 saturated heterocycles. The molecule has 2 aromatic carbocycles. The van der Waals surface area contributed by atoms with Crippen LogP contribution in [0, 0.1) is 0 Å². The van der Waals surface area contributed by atoms with Crippen molar-refractivity contribution in [1.82, 2.24) is 10.2 Å². The second kappa shape index (κ2) is 8.25. The van der Waals surface area contributed by atoms with Gasteiger partial charge in [0.05, 0.1) is 6.61 Å². The summed E-state index contributed by atoms with van der Waals surface area (Å²) in [5.41, 5.74) is 3.56. The summed E-state index contributed by atoms with van der Waals surface area (Å²) in [6.07, 6.45) is 0. The van der Waals surface area contributed by atoms with Crippen molar-refractivity contribution in [3.05, 3.63) is 71.3 Å². The van der Waals surface area contributed by atoms with Gasteiger partial charge in [0.1, 0.15) is 0 Å². The minimum atomic E-state index is 0.0270. The van der Waals surface area contributed by atoms with Gasteiger partial charge in [0.25, 0.3) is 0 Å². The van der Waals surface area contributed by atoms with Gasteiger partial charge in [0.2, 0.25) is 0 Å². The summed E-state index contributed by atoms with van der Waals surface area (Å²) in [4.78, 5) is 2.34. The van der Waals surface area contributed by atoms with Gasteiger partial charge >= 0.3 is 0 Å². The van der Waals surface area contributed by atoms with Crippen LogP contribution in [0.2, 0.25) is 0 Å². The molecule has 0 atom stereocenters. The van der Waals surface area contributed by atoms with Crippen LogP contribution in [0.15, 0.2) is 54.6 Å². The van der Waals surface area contributed by atoms with E-state index in [0.717, 1.165) is 25.2 Å². The Kier molecular flexibility index (Phi) is 6.34. The Hall–Kier alpha value is -1.68. The molecule has 0 aliphatic heterocycles. The molecule has 0 saturated carbocycles. The molecular formula is C20H28N2O.